The van der Waals surface area contributed by atoms with E-state index in [1.54, 1.807) is 7.11 Å². The van der Waals surface area contributed by atoms with Crippen molar-refractivity contribution in [3.8, 4) is 11.5 Å². The van der Waals surface area contributed by atoms with E-state index in [2.05, 4.69) is 0 Å². The van der Waals surface area contributed by atoms with Crippen molar-refractivity contribution in [3.05, 3.63) is 96.1 Å². The van der Waals surface area contributed by atoms with Gasteiger partial charge in [-0.3, -0.25) is 4.79 Å². The molecule has 0 fully saturated rings. The standard InChI is InChI=1S/C25H27NO3/c1-3-22(29-24-17-11-10-16-23(24)28-2)25(27)26(18-20-12-6-4-7-13-20)19-21-14-8-5-9-15-21/h4-17,22H,3,18-19H2,1-2H3/t22-/m0/s1. The Hall–Kier alpha value is -3.27. The van der Waals surface area contributed by atoms with Crippen LogP contribution in [-0.2, 0) is 17.9 Å². The van der Waals surface area contributed by atoms with Gasteiger partial charge in [0.05, 0.1) is 7.11 Å². The first-order chi connectivity index (χ1) is 14.2. The number of ether oxygens (including phenoxy) is 2. The van der Waals surface area contributed by atoms with Crippen LogP contribution >= 0.6 is 0 Å². The predicted octanol–water partition coefficient (Wildman–Crippen LogP) is 5.08. The van der Waals surface area contributed by atoms with Crippen LogP contribution in [0.5, 0.6) is 11.5 Å². The van der Waals surface area contributed by atoms with Crippen LogP contribution in [0.2, 0.25) is 0 Å². The van der Waals surface area contributed by atoms with Gasteiger partial charge < -0.3 is 14.4 Å². The van der Waals surface area contributed by atoms with Crippen molar-refractivity contribution >= 4 is 5.91 Å². The van der Waals surface area contributed by atoms with E-state index in [1.165, 1.54) is 0 Å². The summed E-state index contributed by atoms with van der Waals surface area (Å²) in [6, 6.07) is 27.5. The molecule has 0 aliphatic heterocycles. The van der Waals surface area contributed by atoms with Gasteiger partial charge in [0.2, 0.25) is 0 Å². The first kappa shape index (κ1) is 20.5. The number of carbonyl (C=O) groups is 1. The summed E-state index contributed by atoms with van der Waals surface area (Å²) in [4.78, 5) is 15.3. The topological polar surface area (TPSA) is 38.8 Å². The highest BCUT2D eigenvalue weighted by Crippen LogP contribution is 2.28. The molecule has 150 valence electrons. The molecule has 0 saturated carbocycles. The average Bonchev–Trinajstić information content (AvgIpc) is 2.78. The van der Waals surface area contributed by atoms with Crippen LogP contribution in [0.1, 0.15) is 24.5 Å². The van der Waals surface area contributed by atoms with Crippen molar-refractivity contribution in [2.24, 2.45) is 0 Å². The highest BCUT2D eigenvalue weighted by Gasteiger charge is 2.26. The molecule has 0 aromatic heterocycles. The van der Waals surface area contributed by atoms with E-state index >= 15 is 0 Å². The van der Waals surface area contributed by atoms with Crippen molar-refractivity contribution < 1.29 is 14.3 Å². The molecular formula is C25H27NO3. The summed E-state index contributed by atoms with van der Waals surface area (Å²) in [6.07, 6.45) is -0.0181. The number of benzene rings is 3. The summed E-state index contributed by atoms with van der Waals surface area (Å²) in [5.74, 6) is 1.16. The minimum absolute atomic E-state index is 0.0360. The smallest absolute Gasteiger partial charge is 0.264 e. The van der Waals surface area contributed by atoms with Crippen LogP contribution in [0.3, 0.4) is 0 Å². The largest absolute Gasteiger partial charge is 0.493 e. The van der Waals surface area contributed by atoms with Crippen molar-refractivity contribution in [1.29, 1.82) is 0 Å². The molecule has 4 nitrogen and oxygen atoms in total. The van der Waals surface area contributed by atoms with Gasteiger partial charge in [-0.15, -0.1) is 0 Å². The second-order valence-corrected chi connectivity index (χ2v) is 6.83. The Morgan fingerprint density at radius 1 is 0.793 bits per heavy atom. The third-order valence-corrected chi connectivity index (χ3v) is 4.73. The maximum Gasteiger partial charge on any atom is 0.264 e. The van der Waals surface area contributed by atoms with Gasteiger partial charge in [-0.25, -0.2) is 0 Å². The highest BCUT2D eigenvalue weighted by atomic mass is 16.5. The van der Waals surface area contributed by atoms with Crippen LogP contribution in [0.25, 0.3) is 0 Å². The summed E-state index contributed by atoms with van der Waals surface area (Å²) >= 11 is 0. The molecule has 1 amide bonds. The number of hydrogen-bond donors (Lipinski definition) is 0. The molecule has 0 radical (unpaired) electrons. The van der Waals surface area contributed by atoms with E-state index < -0.39 is 6.10 Å². The number of amides is 1. The lowest BCUT2D eigenvalue weighted by Gasteiger charge is -2.28. The number of carbonyl (C=O) groups excluding carboxylic acids is 1. The summed E-state index contributed by atoms with van der Waals surface area (Å²) < 4.78 is 11.5. The van der Waals surface area contributed by atoms with Gasteiger partial charge in [0, 0.05) is 13.1 Å². The monoisotopic (exact) mass is 389 g/mol. The molecule has 0 spiro atoms. The molecule has 3 aromatic rings. The number of hydrogen-bond acceptors (Lipinski definition) is 3. The zero-order valence-corrected chi connectivity index (χ0v) is 17.0. The van der Waals surface area contributed by atoms with Gasteiger partial charge in [0.15, 0.2) is 17.6 Å². The molecule has 29 heavy (non-hydrogen) atoms. The molecule has 0 unspecified atom stereocenters. The molecule has 4 heteroatoms. The average molecular weight is 389 g/mol. The summed E-state index contributed by atoms with van der Waals surface area (Å²) in [7, 11) is 1.60. The van der Waals surface area contributed by atoms with Gasteiger partial charge in [-0.05, 0) is 29.7 Å². The molecule has 0 aliphatic rings. The first-order valence-corrected chi connectivity index (χ1v) is 9.87. The SMILES string of the molecule is CC[C@H](Oc1ccccc1OC)C(=O)N(Cc1ccccc1)Cc1ccccc1. The predicted molar refractivity (Wildman–Crippen MR) is 115 cm³/mol. The van der Waals surface area contributed by atoms with Gasteiger partial charge >= 0.3 is 0 Å². The Balaban J connectivity index is 1.82. The second-order valence-electron chi connectivity index (χ2n) is 6.83. The number of para-hydroxylation sites is 2. The second kappa shape index (κ2) is 10.3. The molecule has 0 saturated heterocycles. The molecule has 0 bridgehead atoms. The molecule has 1 atom stereocenters. The minimum Gasteiger partial charge on any atom is -0.493 e. The lowest BCUT2D eigenvalue weighted by Crippen LogP contribution is -2.41. The number of nitrogens with zero attached hydrogens (tertiary/aromatic N) is 1. The van der Waals surface area contributed by atoms with Gasteiger partial charge in [0.25, 0.3) is 5.91 Å². The van der Waals surface area contributed by atoms with Crippen molar-refractivity contribution in [2.75, 3.05) is 7.11 Å². The van der Waals surface area contributed by atoms with E-state index in [0.717, 1.165) is 11.1 Å². The van der Waals surface area contributed by atoms with Crippen LogP contribution < -0.4 is 9.47 Å². The molecule has 0 aliphatic carbocycles. The summed E-state index contributed by atoms with van der Waals surface area (Å²) in [5.41, 5.74) is 2.17. The van der Waals surface area contributed by atoms with Crippen LogP contribution in [0.15, 0.2) is 84.9 Å². The quantitative estimate of drug-likeness (QED) is 0.512. The Labute approximate surface area is 172 Å². The zero-order valence-electron chi connectivity index (χ0n) is 17.0. The maximum atomic E-state index is 13.4. The summed E-state index contributed by atoms with van der Waals surface area (Å²) in [6.45, 7) is 3.02. The fourth-order valence-corrected chi connectivity index (χ4v) is 3.20. The van der Waals surface area contributed by atoms with Gasteiger partial charge in [-0.2, -0.15) is 0 Å². The fraction of sp³-hybridized carbons (Fsp3) is 0.240. The van der Waals surface area contributed by atoms with E-state index in [0.29, 0.717) is 31.0 Å². The lowest BCUT2D eigenvalue weighted by atomic mass is 10.1. The van der Waals surface area contributed by atoms with E-state index in [1.807, 2.05) is 96.8 Å². The van der Waals surface area contributed by atoms with Crippen LogP contribution in [0, 0.1) is 0 Å². The van der Waals surface area contributed by atoms with Crippen molar-refractivity contribution in [3.63, 3.8) is 0 Å². The van der Waals surface area contributed by atoms with Crippen molar-refractivity contribution in [2.45, 2.75) is 32.5 Å². The number of methoxy groups -OCH3 is 1. The Bertz CT molecular complexity index is 855. The minimum atomic E-state index is -0.585. The molecule has 3 rings (SSSR count). The summed E-state index contributed by atoms with van der Waals surface area (Å²) in [5, 5.41) is 0. The maximum absolute atomic E-state index is 13.4. The molecule has 0 heterocycles. The molecule has 3 aromatic carbocycles. The van der Waals surface area contributed by atoms with E-state index in [4.69, 9.17) is 9.47 Å². The van der Waals surface area contributed by atoms with E-state index in [-0.39, 0.29) is 5.91 Å². The first-order valence-electron chi connectivity index (χ1n) is 9.87. The van der Waals surface area contributed by atoms with Gasteiger partial charge in [0.1, 0.15) is 0 Å². The van der Waals surface area contributed by atoms with Gasteiger partial charge in [-0.1, -0.05) is 79.7 Å². The third kappa shape index (κ3) is 5.61. The molecule has 0 N–H and O–H groups in total. The van der Waals surface area contributed by atoms with E-state index in [9.17, 15) is 4.79 Å². The molecular weight excluding hydrogens is 362 g/mol. The lowest BCUT2D eigenvalue weighted by molar-refractivity contribution is -0.140. The van der Waals surface area contributed by atoms with Crippen molar-refractivity contribution in [1.82, 2.24) is 4.90 Å². The third-order valence-electron chi connectivity index (χ3n) is 4.73. The number of rotatable bonds is 9. The Morgan fingerprint density at radius 2 is 1.28 bits per heavy atom. The fourth-order valence-electron chi connectivity index (χ4n) is 3.20. The van der Waals surface area contributed by atoms with Crippen LogP contribution in [0.4, 0.5) is 0 Å². The Kier molecular flexibility index (Phi) is 7.28. The zero-order chi connectivity index (χ0) is 20.5. The normalized spacial score (nSPS) is 11.5. The Morgan fingerprint density at radius 3 is 1.76 bits per heavy atom. The highest BCUT2D eigenvalue weighted by molar-refractivity contribution is 5.81. The van der Waals surface area contributed by atoms with Crippen LogP contribution in [-0.4, -0.2) is 24.0 Å².